The molecule has 0 saturated carbocycles. The lowest BCUT2D eigenvalue weighted by Gasteiger charge is -2.00. The lowest BCUT2D eigenvalue weighted by molar-refractivity contribution is 0.261. The summed E-state index contributed by atoms with van der Waals surface area (Å²) in [4.78, 5) is 10.4. The number of thioether (sulfide) groups is 1. The zero-order valence-electron chi connectivity index (χ0n) is 4.26. The fraction of sp³-hybridized carbons (Fsp3) is 0.750. The summed E-state index contributed by atoms with van der Waals surface area (Å²) in [5, 5.41) is 2.84. The second-order valence-corrected chi connectivity index (χ2v) is 2.98. The van der Waals surface area contributed by atoms with E-state index in [1.807, 2.05) is 0 Å². The predicted molar refractivity (Wildman–Crippen MR) is 38.6 cm³/mol. The molecule has 1 N–H and O–H groups in total. The van der Waals surface area contributed by atoms with Crippen molar-refractivity contribution in [2.45, 2.75) is 6.04 Å². The van der Waals surface area contributed by atoms with Crippen LogP contribution in [0.3, 0.4) is 0 Å². The highest BCUT2D eigenvalue weighted by molar-refractivity contribution is 8.14. The minimum absolute atomic E-state index is 0.0871. The van der Waals surface area contributed by atoms with Crippen LogP contribution in [0.1, 0.15) is 0 Å². The van der Waals surface area contributed by atoms with Crippen molar-refractivity contribution < 1.29 is 4.79 Å². The van der Waals surface area contributed by atoms with E-state index in [2.05, 4.69) is 17.9 Å². The standard InChI is InChI=1S/C4H7NOS2/c6-4-5-3(1-7)2-8-4/h3,7H,1-2H2,(H,5,6). The van der Waals surface area contributed by atoms with Crippen molar-refractivity contribution in [3.8, 4) is 0 Å². The number of amides is 1. The van der Waals surface area contributed by atoms with Gasteiger partial charge in [-0.2, -0.15) is 12.6 Å². The van der Waals surface area contributed by atoms with Crippen molar-refractivity contribution in [1.29, 1.82) is 0 Å². The molecule has 0 aromatic carbocycles. The van der Waals surface area contributed by atoms with Gasteiger partial charge in [0, 0.05) is 17.5 Å². The molecule has 1 aliphatic heterocycles. The molecular formula is C4H7NOS2. The number of nitrogens with one attached hydrogen (secondary N) is 1. The predicted octanol–water partition coefficient (Wildman–Crippen LogP) is 0.741. The highest BCUT2D eigenvalue weighted by Gasteiger charge is 2.19. The maximum Gasteiger partial charge on any atom is 0.279 e. The third kappa shape index (κ3) is 1.32. The van der Waals surface area contributed by atoms with Gasteiger partial charge in [0.05, 0.1) is 0 Å². The van der Waals surface area contributed by atoms with Gasteiger partial charge in [0.2, 0.25) is 0 Å². The fourth-order valence-corrected chi connectivity index (χ4v) is 1.72. The number of hydrogen-bond acceptors (Lipinski definition) is 3. The summed E-state index contributed by atoms with van der Waals surface area (Å²) in [7, 11) is 0. The highest BCUT2D eigenvalue weighted by Crippen LogP contribution is 2.12. The van der Waals surface area contributed by atoms with E-state index >= 15 is 0 Å². The molecule has 0 bridgehead atoms. The Morgan fingerprint density at radius 2 is 2.75 bits per heavy atom. The van der Waals surface area contributed by atoms with Crippen molar-refractivity contribution in [3.63, 3.8) is 0 Å². The second kappa shape index (κ2) is 2.64. The molecule has 4 heteroatoms. The Morgan fingerprint density at radius 1 is 2.00 bits per heavy atom. The Kier molecular flexibility index (Phi) is 2.08. The lowest BCUT2D eigenvalue weighted by Crippen LogP contribution is -2.27. The highest BCUT2D eigenvalue weighted by atomic mass is 32.2. The topological polar surface area (TPSA) is 29.1 Å². The van der Waals surface area contributed by atoms with E-state index in [0.29, 0.717) is 6.04 Å². The molecule has 0 radical (unpaired) electrons. The van der Waals surface area contributed by atoms with E-state index in [4.69, 9.17) is 0 Å². The lowest BCUT2D eigenvalue weighted by atomic mass is 10.4. The van der Waals surface area contributed by atoms with Gasteiger partial charge in [0.15, 0.2) is 0 Å². The van der Waals surface area contributed by atoms with Crippen LogP contribution >= 0.6 is 24.4 Å². The monoisotopic (exact) mass is 149 g/mol. The summed E-state index contributed by atoms with van der Waals surface area (Å²) in [6.45, 7) is 0. The van der Waals surface area contributed by atoms with E-state index < -0.39 is 0 Å². The minimum Gasteiger partial charge on any atom is -0.343 e. The third-order valence-corrected chi connectivity index (χ3v) is 2.35. The molecule has 1 rings (SSSR count). The Bertz CT molecular complexity index is 106. The summed E-state index contributed by atoms with van der Waals surface area (Å²) in [5.74, 6) is 1.63. The zero-order chi connectivity index (χ0) is 5.98. The molecule has 1 fully saturated rings. The van der Waals surface area contributed by atoms with Crippen molar-refractivity contribution in [2.75, 3.05) is 11.5 Å². The Balaban J connectivity index is 2.32. The molecular weight excluding hydrogens is 142 g/mol. The molecule has 8 heavy (non-hydrogen) atoms. The van der Waals surface area contributed by atoms with Gasteiger partial charge in [-0.15, -0.1) is 0 Å². The first-order valence-electron chi connectivity index (χ1n) is 2.37. The summed E-state index contributed by atoms with van der Waals surface area (Å²) < 4.78 is 0. The van der Waals surface area contributed by atoms with Crippen LogP contribution in [0.5, 0.6) is 0 Å². The number of hydrogen-bond donors (Lipinski definition) is 2. The average molecular weight is 149 g/mol. The molecule has 1 atom stereocenters. The maximum absolute atomic E-state index is 10.4. The largest absolute Gasteiger partial charge is 0.343 e. The molecule has 1 unspecified atom stereocenters. The molecule has 1 heterocycles. The Hall–Kier alpha value is 0.170. The van der Waals surface area contributed by atoms with Gasteiger partial charge in [0.1, 0.15) is 0 Å². The molecule has 1 aliphatic rings. The smallest absolute Gasteiger partial charge is 0.279 e. The molecule has 0 aromatic rings. The average Bonchev–Trinajstić information content (AvgIpc) is 2.14. The molecule has 2 nitrogen and oxygen atoms in total. The molecule has 0 spiro atoms. The van der Waals surface area contributed by atoms with Crippen LogP contribution in [0, 0.1) is 0 Å². The van der Waals surface area contributed by atoms with E-state index in [0.717, 1.165) is 11.5 Å². The third-order valence-electron chi connectivity index (χ3n) is 0.958. The molecule has 46 valence electrons. The Morgan fingerprint density at radius 3 is 3.00 bits per heavy atom. The van der Waals surface area contributed by atoms with Gasteiger partial charge in [-0.1, -0.05) is 11.8 Å². The van der Waals surface area contributed by atoms with Crippen LogP contribution in [0.25, 0.3) is 0 Å². The fourth-order valence-electron chi connectivity index (χ4n) is 0.525. The SMILES string of the molecule is O=C1NC(CS)CS1. The molecule has 1 amide bonds. The number of thiol groups is 1. The maximum atomic E-state index is 10.4. The first-order valence-corrected chi connectivity index (χ1v) is 3.99. The number of rotatable bonds is 1. The van der Waals surface area contributed by atoms with E-state index in [1.165, 1.54) is 11.8 Å². The van der Waals surface area contributed by atoms with Gasteiger partial charge < -0.3 is 5.32 Å². The van der Waals surface area contributed by atoms with Gasteiger partial charge in [-0.25, -0.2) is 0 Å². The van der Waals surface area contributed by atoms with Gasteiger partial charge in [0.25, 0.3) is 5.24 Å². The molecule has 0 aliphatic carbocycles. The summed E-state index contributed by atoms with van der Waals surface area (Å²) in [5.41, 5.74) is 0. The van der Waals surface area contributed by atoms with Gasteiger partial charge >= 0.3 is 0 Å². The second-order valence-electron chi connectivity index (χ2n) is 1.62. The number of carbonyl (C=O) groups excluding carboxylic acids is 1. The summed E-state index contributed by atoms with van der Waals surface area (Å²) >= 11 is 5.36. The quantitative estimate of drug-likeness (QED) is 0.538. The molecule has 0 aromatic heterocycles. The van der Waals surface area contributed by atoms with E-state index in [9.17, 15) is 4.79 Å². The van der Waals surface area contributed by atoms with Crippen LogP contribution in [-0.4, -0.2) is 22.8 Å². The first-order chi connectivity index (χ1) is 3.83. The van der Waals surface area contributed by atoms with Crippen LogP contribution in [-0.2, 0) is 0 Å². The van der Waals surface area contributed by atoms with Crippen molar-refractivity contribution >= 4 is 29.6 Å². The summed E-state index contributed by atoms with van der Waals surface area (Å²) in [6, 6.07) is 0.302. The number of carbonyl (C=O) groups is 1. The summed E-state index contributed by atoms with van der Waals surface area (Å²) in [6.07, 6.45) is 0. The van der Waals surface area contributed by atoms with E-state index in [1.54, 1.807) is 0 Å². The first kappa shape index (κ1) is 6.29. The van der Waals surface area contributed by atoms with E-state index in [-0.39, 0.29) is 5.24 Å². The van der Waals surface area contributed by atoms with Crippen LogP contribution in [0.2, 0.25) is 0 Å². The zero-order valence-corrected chi connectivity index (χ0v) is 5.97. The van der Waals surface area contributed by atoms with Crippen LogP contribution in [0.15, 0.2) is 0 Å². The van der Waals surface area contributed by atoms with Gasteiger partial charge in [-0.05, 0) is 0 Å². The van der Waals surface area contributed by atoms with Crippen molar-refractivity contribution in [1.82, 2.24) is 5.32 Å². The van der Waals surface area contributed by atoms with Crippen molar-refractivity contribution in [3.05, 3.63) is 0 Å². The van der Waals surface area contributed by atoms with Crippen molar-refractivity contribution in [2.24, 2.45) is 0 Å². The molecule has 1 saturated heterocycles. The van der Waals surface area contributed by atoms with Crippen LogP contribution in [0.4, 0.5) is 4.79 Å². The minimum atomic E-state index is 0.0871. The Labute approximate surface area is 57.8 Å². The normalized spacial score (nSPS) is 28.1. The van der Waals surface area contributed by atoms with Crippen LogP contribution < -0.4 is 5.32 Å². The van der Waals surface area contributed by atoms with Gasteiger partial charge in [-0.3, -0.25) is 4.79 Å².